The van der Waals surface area contributed by atoms with Crippen molar-refractivity contribution in [1.82, 2.24) is 14.5 Å². The van der Waals surface area contributed by atoms with Crippen molar-refractivity contribution >= 4 is 5.95 Å². The smallest absolute Gasteiger partial charge is 0.258 e. The Kier molecular flexibility index (Phi) is 4.31. The second kappa shape index (κ2) is 6.50. The quantitative estimate of drug-likeness (QED) is 0.892. The molecule has 6 heteroatoms. The maximum Gasteiger partial charge on any atom is 0.258 e. The summed E-state index contributed by atoms with van der Waals surface area (Å²) in [5.41, 5.74) is 2.92. The fourth-order valence-electron chi connectivity index (χ4n) is 4.51. The van der Waals surface area contributed by atoms with E-state index in [1.807, 2.05) is 19.1 Å². The molecule has 2 aromatic rings. The molecule has 0 amide bonds. The van der Waals surface area contributed by atoms with Crippen LogP contribution < -0.4 is 10.9 Å². The van der Waals surface area contributed by atoms with Crippen molar-refractivity contribution in [3.8, 4) is 0 Å². The molecule has 1 saturated heterocycles. The van der Waals surface area contributed by atoms with Crippen LogP contribution in [0.15, 0.2) is 29.1 Å². The molecule has 1 N–H and O–H groups in total. The third kappa shape index (κ3) is 2.92. The third-order valence-electron chi connectivity index (χ3n) is 6.02. The van der Waals surface area contributed by atoms with Crippen LogP contribution in [-0.4, -0.2) is 41.1 Å². The highest BCUT2D eigenvalue weighted by molar-refractivity contribution is 5.32. The molecule has 0 radical (unpaired) electrons. The van der Waals surface area contributed by atoms with E-state index in [2.05, 4.69) is 15.2 Å². The van der Waals surface area contributed by atoms with E-state index in [1.165, 1.54) is 5.56 Å². The molecule has 2 aliphatic rings. The molecule has 2 unspecified atom stereocenters. The van der Waals surface area contributed by atoms with Crippen LogP contribution in [0.2, 0.25) is 0 Å². The van der Waals surface area contributed by atoms with Crippen LogP contribution in [0.1, 0.15) is 22.7 Å². The summed E-state index contributed by atoms with van der Waals surface area (Å²) in [6.07, 6.45) is 0.732. The fourth-order valence-corrected chi connectivity index (χ4v) is 4.51. The van der Waals surface area contributed by atoms with Crippen molar-refractivity contribution in [3.63, 3.8) is 0 Å². The Morgan fingerprint density at radius 1 is 1.23 bits per heavy atom. The topological polar surface area (TPSA) is 50.2 Å². The van der Waals surface area contributed by atoms with Gasteiger partial charge in [-0.05, 0) is 48.8 Å². The Bertz CT molecular complexity index is 865. The first-order valence-electron chi connectivity index (χ1n) is 9.21. The van der Waals surface area contributed by atoms with E-state index in [4.69, 9.17) is 0 Å². The summed E-state index contributed by atoms with van der Waals surface area (Å²) in [7, 11) is 3.53. The molecule has 5 nitrogen and oxygen atoms in total. The number of aryl methyl sites for hydroxylation is 1. The van der Waals surface area contributed by atoms with Gasteiger partial charge in [0.05, 0.1) is 0 Å². The SMILES string of the molecule is CNc1nc(C)c(CCN2CC3C(C2)C3c2ccc(F)cc2)c(=O)n1C. The molecule has 0 spiro atoms. The van der Waals surface area contributed by atoms with Crippen LogP contribution in [0, 0.1) is 24.6 Å². The standard InChI is InChI=1S/C20H25FN4O/c1-12-15(19(26)24(3)20(22-2)23-12)8-9-25-10-16-17(11-25)18(16)13-4-6-14(21)7-5-13/h4-7,16-18H,8-11H2,1-3H3,(H,22,23). The number of halogens is 1. The highest BCUT2D eigenvalue weighted by Gasteiger charge is 2.55. The lowest BCUT2D eigenvalue weighted by molar-refractivity contribution is 0.301. The number of benzene rings is 1. The van der Waals surface area contributed by atoms with E-state index in [-0.39, 0.29) is 11.4 Å². The number of hydrogen-bond donors (Lipinski definition) is 1. The van der Waals surface area contributed by atoms with E-state index in [1.54, 1.807) is 30.8 Å². The van der Waals surface area contributed by atoms with Gasteiger partial charge >= 0.3 is 0 Å². The summed E-state index contributed by atoms with van der Waals surface area (Å²) in [5.74, 6) is 2.36. The summed E-state index contributed by atoms with van der Waals surface area (Å²) in [4.78, 5) is 19.5. The van der Waals surface area contributed by atoms with Crippen molar-refractivity contribution < 1.29 is 4.39 Å². The Hall–Kier alpha value is -2.21. The van der Waals surface area contributed by atoms with Gasteiger partial charge in [0.1, 0.15) is 5.82 Å². The molecule has 138 valence electrons. The predicted octanol–water partition coefficient (Wildman–Crippen LogP) is 2.16. The van der Waals surface area contributed by atoms with Crippen LogP contribution >= 0.6 is 0 Å². The average molecular weight is 356 g/mol. The van der Waals surface area contributed by atoms with Gasteiger partial charge < -0.3 is 10.2 Å². The predicted molar refractivity (Wildman–Crippen MR) is 100 cm³/mol. The molecular formula is C20H25FN4O. The molecule has 2 heterocycles. The summed E-state index contributed by atoms with van der Waals surface area (Å²) in [5, 5.41) is 2.95. The van der Waals surface area contributed by atoms with Gasteiger partial charge in [0, 0.05) is 45.0 Å². The number of nitrogens with zero attached hydrogens (tertiary/aromatic N) is 3. The zero-order valence-corrected chi connectivity index (χ0v) is 15.5. The second-order valence-corrected chi connectivity index (χ2v) is 7.53. The maximum atomic E-state index is 13.1. The summed E-state index contributed by atoms with van der Waals surface area (Å²) in [6.45, 7) is 4.92. The van der Waals surface area contributed by atoms with Crippen molar-refractivity contribution in [2.24, 2.45) is 18.9 Å². The number of hydrogen-bond acceptors (Lipinski definition) is 4. The van der Waals surface area contributed by atoms with E-state index < -0.39 is 0 Å². The minimum absolute atomic E-state index is 0.0374. The molecule has 2 fully saturated rings. The Balaban J connectivity index is 1.37. The minimum atomic E-state index is -0.170. The van der Waals surface area contributed by atoms with E-state index in [0.29, 0.717) is 23.7 Å². The number of fused-ring (bicyclic) bond motifs is 1. The molecule has 0 bridgehead atoms. The van der Waals surface area contributed by atoms with Gasteiger partial charge in [-0.25, -0.2) is 9.37 Å². The fraction of sp³-hybridized carbons (Fsp3) is 0.500. The Morgan fingerprint density at radius 3 is 2.50 bits per heavy atom. The van der Waals surface area contributed by atoms with Crippen molar-refractivity contribution in [3.05, 3.63) is 57.3 Å². The molecule has 1 aromatic carbocycles. The Morgan fingerprint density at radius 2 is 1.88 bits per heavy atom. The highest BCUT2D eigenvalue weighted by atomic mass is 19.1. The number of piperidine rings is 1. The molecule has 1 saturated carbocycles. The number of anilines is 1. The molecule has 2 atom stereocenters. The number of nitrogens with one attached hydrogen (secondary N) is 1. The van der Waals surface area contributed by atoms with Crippen LogP contribution in [0.25, 0.3) is 0 Å². The van der Waals surface area contributed by atoms with E-state index in [9.17, 15) is 9.18 Å². The van der Waals surface area contributed by atoms with Crippen molar-refractivity contribution in [2.45, 2.75) is 19.3 Å². The van der Waals surface area contributed by atoms with Gasteiger partial charge in [-0.2, -0.15) is 0 Å². The first-order valence-corrected chi connectivity index (χ1v) is 9.21. The number of likely N-dealkylation sites (tertiary alicyclic amines) is 1. The molecular weight excluding hydrogens is 331 g/mol. The van der Waals surface area contributed by atoms with Gasteiger partial charge in [-0.15, -0.1) is 0 Å². The molecule has 1 aliphatic carbocycles. The Labute approximate surface area is 152 Å². The summed E-state index contributed by atoms with van der Waals surface area (Å²) in [6, 6.07) is 6.96. The lowest BCUT2D eigenvalue weighted by Gasteiger charge is -2.20. The number of rotatable bonds is 5. The largest absolute Gasteiger partial charge is 0.359 e. The highest BCUT2D eigenvalue weighted by Crippen LogP contribution is 2.58. The normalized spacial score (nSPS) is 24.5. The van der Waals surface area contributed by atoms with Gasteiger partial charge in [0.15, 0.2) is 0 Å². The van der Waals surface area contributed by atoms with E-state index in [0.717, 1.165) is 37.3 Å². The summed E-state index contributed by atoms with van der Waals surface area (Å²) < 4.78 is 14.7. The zero-order chi connectivity index (χ0) is 18.4. The molecule has 1 aromatic heterocycles. The molecule has 4 rings (SSSR count). The lowest BCUT2D eigenvalue weighted by Crippen LogP contribution is -2.31. The van der Waals surface area contributed by atoms with Crippen LogP contribution in [0.3, 0.4) is 0 Å². The van der Waals surface area contributed by atoms with Gasteiger partial charge in [0.25, 0.3) is 5.56 Å². The maximum absolute atomic E-state index is 13.1. The third-order valence-corrected chi connectivity index (χ3v) is 6.02. The van der Waals surface area contributed by atoms with Crippen LogP contribution in [0.5, 0.6) is 0 Å². The monoisotopic (exact) mass is 356 g/mol. The van der Waals surface area contributed by atoms with Gasteiger partial charge in [-0.1, -0.05) is 12.1 Å². The van der Waals surface area contributed by atoms with E-state index >= 15 is 0 Å². The number of aromatic nitrogens is 2. The summed E-state index contributed by atoms with van der Waals surface area (Å²) >= 11 is 0. The van der Waals surface area contributed by atoms with Crippen LogP contribution in [-0.2, 0) is 13.5 Å². The molecule has 26 heavy (non-hydrogen) atoms. The first-order chi connectivity index (χ1) is 12.5. The molecule has 1 aliphatic heterocycles. The first kappa shape index (κ1) is 17.2. The van der Waals surface area contributed by atoms with Crippen molar-refractivity contribution in [2.75, 3.05) is 32.0 Å². The van der Waals surface area contributed by atoms with Gasteiger partial charge in [-0.3, -0.25) is 9.36 Å². The van der Waals surface area contributed by atoms with Gasteiger partial charge in [0.2, 0.25) is 5.95 Å². The lowest BCUT2D eigenvalue weighted by atomic mass is 10.1. The zero-order valence-electron chi connectivity index (χ0n) is 15.5. The minimum Gasteiger partial charge on any atom is -0.359 e. The van der Waals surface area contributed by atoms with Crippen LogP contribution in [0.4, 0.5) is 10.3 Å². The average Bonchev–Trinajstić information content (AvgIpc) is 3.13. The van der Waals surface area contributed by atoms with Crippen molar-refractivity contribution in [1.29, 1.82) is 0 Å². The second-order valence-electron chi connectivity index (χ2n) is 7.53.